The van der Waals surface area contributed by atoms with E-state index in [9.17, 15) is 14.4 Å². The van der Waals surface area contributed by atoms with E-state index >= 15 is 0 Å². The van der Waals surface area contributed by atoms with Crippen molar-refractivity contribution in [3.05, 3.63) is 47.8 Å². The van der Waals surface area contributed by atoms with Crippen LogP contribution in [0.25, 0.3) is 0 Å². The van der Waals surface area contributed by atoms with Gasteiger partial charge in [0.1, 0.15) is 11.4 Å². The van der Waals surface area contributed by atoms with Crippen molar-refractivity contribution in [2.75, 3.05) is 7.11 Å². The summed E-state index contributed by atoms with van der Waals surface area (Å²) in [7, 11) is 1.28. The molecule has 176 valence electrons. The number of fused-ring (bicyclic) bond motifs is 1. The number of hydrogen-bond acceptors (Lipinski definition) is 7. The fourth-order valence-corrected chi connectivity index (χ4v) is 6.96. The zero-order chi connectivity index (χ0) is 24.0. The smallest absolute Gasteiger partial charge is 0.328 e. The lowest BCUT2D eigenvalue weighted by Gasteiger charge is -2.47. The molecule has 1 aromatic carbocycles. The number of nitrogens with zero attached hydrogens (tertiary/aromatic N) is 4. The number of benzene rings is 1. The lowest BCUT2D eigenvalue weighted by atomic mass is 9.98. The predicted octanol–water partition coefficient (Wildman–Crippen LogP) is 2.34. The molecule has 0 radical (unpaired) electrons. The van der Waals surface area contributed by atoms with Crippen LogP contribution >= 0.6 is 43.6 Å². The number of esters is 1. The molecule has 4 rings (SSSR count). The van der Waals surface area contributed by atoms with Gasteiger partial charge in [0, 0.05) is 11.2 Å². The minimum Gasteiger partial charge on any atom is -0.467 e. The summed E-state index contributed by atoms with van der Waals surface area (Å²) >= 11 is 8.64. The molecule has 2 aromatic rings. The quantitative estimate of drug-likeness (QED) is 0.295. The first-order chi connectivity index (χ1) is 15.5. The largest absolute Gasteiger partial charge is 0.467 e. The number of carbonyl (C=O) groups excluding carboxylic acids is 3. The summed E-state index contributed by atoms with van der Waals surface area (Å²) in [5, 5.41) is 10.7. The van der Waals surface area contributed by atoms with E-state index in [1.54, 1.807) is 16.4 Å². The molecule has 3 heterocycles. The van der Waals surface area contributed by atoms with Gasteiger partial charge in [-0.1, -0.05) is 67.4 Å². The Labute approximate surface area is 212 Å². The number of carbonyl (C=O) groups is 3. The summed E-state index contributed by atoms with van der Waals surface area (Å²) in [6, 6.07) is 8.37. The molecule has 2 amide bonds. The van der Waals surface area contributed by atoms with E-state index in [2.05, 4.69) is 61.3 Å². The SMILES string of the molecule is COC(=O)[C@H](Cc1ccccc1)NC(=O)c1cn(C[C@@H]2N3C(=O)C(Br)(Br)[C@H]3SC2(C)C)nn1. The van der Waals surface area contributed by atoms with Crippen molar-refractivity contribution in [1.82, 2.24) is 25.2 Å². The second-order valence-electron chi connectivity index (χ2n) is 8.49. The summed E-state index contributed by atoms with van der Waals surface area (Å²) in [6.07, 6.45) is 1.82. The van der Waals surface area contributed by atoms with Gasteiger partial charge in [-0.25, -0.2) is 9.48 Å². The van der Waals surface area contributed by atoms with Gasteiger partial charge in [-0.15, -0.1) is 16.9 Å². The lowest BCUT2D eigenvalue weighted by Crippen LogP contribution is -2.67. The topological polar surface area (TPSA) is 106 Å². The first-order valence-corrected chi connectivity index (χ1v) is 12.7. The molecule has 1 aromatic heterocycles. The number of aromatic nitrogens is 3. The maximum absolute atomic E-state index is 12.8. The number of methoxy groups -OCH3 is 1. The van der Waals surface area contributed by atoms with Crippen LogP contribution in [0.4, 0.5) is 0 Å². The van der Waals surface area contributed by atoms with E-state index in [1.807, 2.05) is 35.2 Å². The van der Waals surface area contributed by atoms with Crippen molar-refractivity contribution in [2.24, 2.45) is 0 Å². The second-order valence-corrected chi connectivity index (χ2v) is 13.8. The molecule has 0 unspecified atom stereocenters. The Bertz CT molecular complexity index is 1080. The summed E-state index contributed by atoms with van der Waals surface area (Å²) in [5.74, 6) is -1.10. The average molecular weight is 601 g/mol. The van der Waals surface area contributed by atoms with E-state index in [1.165, 1.54) is 13.3 Å². The summed E-state index contributed by atoms with van der Waals surface area (Å²) in [4.78, 5) is 39.4. The Morgan fingerprint density at radius 3 is 2.64 bits per heavy atom. The van der Waals surface area contributed by atoms with E-state index < -0.39 is 21.2 Å². The van der Waals surface area contributed by atoms with Crippen LogP contribution in [0.1, 0.15) is 29.9 Å². The number of hydrogen-bond donors (Lipinski definition) is 1. The Hall–Kier alpha value is -1.92. The Kier molecular flexibility index (Phi) is 6.62. The summed E-state index contributed by atoms with van der Waals surface area (Å²) in [5.41, 5.74) is 0.975. The van der Waals surface area contributed by atoms with Crippen LogP contribution in [0.5, 0.6) is 0 Å². The minimum absolute atomic E-state index is 0.0320. The molecule has 2 saturated heterocycles. The highest BCUT2D eigenvalue weighted by atomic mass is 79.9. The number of ether oxygens (including phenoxy) is 1. The van der Waals surface area contributed by atoms with Crippen LogP contribution < -0.4 is 5.32 Å². The van der Waals surface area contributed by atoms with Crippen molar-refractivity contribution in [1.29, 1.82) is 0 Å². The van der Waals surface area contributed by atoms with Crippen molar-refractivity contribution >= 4 is 61.4 Å². The number of nitrogens with one attached hydrogen (secondary N) is 1. The van der Waals surface area contributed by atoms with Gasteiger partial charge in [0.05, 0.1) is 25.9 Å². The van der Waals surface area contributed by atoms with Gasteiger partial charge in [-0.2, -0.15) is 0 Å². The standard InChI is InChI=1S/C21H23Br2N5O4S/c1-20(2)15(28-18(31)21(22,23)19(28)33-20)11-27-10-14(25-26-27)16(29)24-13(17(30)32-3)9-12-7-5-4-6-8-12/h4-8,10,13,15,19H,9,11H2,1-3H3,(H,24,29)/t13-,15-,19+/m0/s1. The molecule has 2 aliphatic heterocycles. The van der Waals surface area contributed by atoms with E-state index in [0.29, 0.717) is 13.0 Å². The van der Waals surface area contributed by atoms with Gasteiger partial charge in [-0.05, 0) is 19.4 Å². The molecule has 0 bridgehead atoms. The number of alkyl halides is 2. The molecular formula is C21H23Br2N5O4S. The van der Waals surface area contributed by atoms with Gasteiger partial charge in [0.15, 0.2) is 8.93 Å². The van der Waals surface area contributed by atoms with Crippen molar-refractivity contribution < 1.29 is 19.1 Å². The van der Waals surface area contributed by atoms with Gasteiger partial charge >= 0.3 is 5.97 Å². The molecule has 0 spiro atoms. The van der Waals surface area contributed by atoms with Crippen molar-refractivity contribution in [2.45, 2.75) is 52.3 Å². The van der Waals surface area contributed by atoms with Gasteiger partial charge in [-0.3, -0.25) is 9.59 Å². The fraction of sp³-hybridized carbons (Fsp3) is 0.476. The zero-order valence-corrected chi connectivity index (χ0v) is 22.2. The highest BCUT2D eigenvalue weighted by Crippen LogP contribution is 2.60. The predicted molar refractivity (Wildman–Crippen MR) is 130 cm³/mol. The highest BCUT2D eigenvalue weighted by Gasteiger charge is 2.68. The van der Waals surface area contributed by atoms with Crippen LogP contribution in [0, 0.1) is 0 Å². The molecule has 2 aliphatic rings. The second kappa shape index (κ2) is 9.03. The summed E-state index contributed by atoms with van der Waals surface area (Å²) < 4.78 is 5.45. The maximum atomic E-state index is 12.8. The number of rotatable bonds is 7. The van der Waals surface area contributed by atoms with E-state index in [4.69, 9.17) is 4.74 Å². The number of halogens is 2. The van der Waals surface area contributed by atoms with Crippen LogP contribution in [-0.2, 0) is 27.3 Å². The molecular weight excluding hydrogens is 578 g/mol. The summed E-state index contributed by atoms with van der Waals surface area (Å²) in [6.45, 7) is 4.56. The first-order valence-electron chi connectivity index (χ1n) is 10.3. The molecule has 2 fully saturated rings. The molecule has 12 heteroatoms. The van der Waals surface area contributed by atoms with Crippen molar-refractivity contribution in [3.63, 3.8) is 0 Å². The van der Waals surface area contributed by atoms with Gasteiger partial charge in [0.25, 0.3) is 11.8 Å². The van der Waals surface area contributed by atoms with Crippen LogP contribution in [-0.4, -0.2) is 70.2 Å². The monoisotopic (exact) mass is 599 g/mol. The Balaban J connectivity index is 1.45. The third-order valence-corrected chi connectivity index (χ3v) is 9.68. The lowest BCUT2D eigenvalue weighted by molar-refractivity contribution is -0.144. The van der Waals surface area contributed by atoms with Crippen molar-refractivity contribution in [3.8, 4) is 0 Å². The normalized spacial score (nSPS) is 23.4. The minimum atomic E-state index is -0.856. The Morgan fingerprint density at radius 2 is 1.97 bits per heavy atom. The Morgan fingerprint density at radius 1 is 1.27 bits per heavy atom. The van der Waals surface area contributed by atoms with Crippen LogP contribution in [0.15, 0.2) is 36.5 Å². The fourth-order valence-electron chi connectivity index (χ4n) is 4.02. The van der Waals surface area contributed by atoms with E-state index in [-0.39, 0.29) is 27.8 Å². The van der Waals surface area contributed by atoms with Gasteiger partial charge in [0.2, 0.25) is 0 Å². The third-order valence-electron chi connectivity index (χ3n) is 5.84. The highest BCUT2D eigenvalue weighted by molar-refractivity contribution is 9.26. The molecule has 3 atom stereocenters. The molecule has 1 N–H and O–H groups in total. The van der Waals surface area contributed by atoms with Crippen LogP contribution in [0.3, 0.4) is 0 Å². The average Bonchev–Trinajstić information content (AvgIpc) is 3.35. The number of β-lactam (4-membered cyclic amide) rings is 1. The molecule has 0 saturated carbocycles. The van der Waals surface area contributed by atoms with Crippen LogP contribution in [0.2, 0.25) is 0 Å². The molecule has 33 heavy (non-hydrogen) atoms. The zero-order valence-electron chi connectivity index (χ0n) is 18.2. The molecule has 9 nitrogen and oxygen atoms in total. The number of thioether (sulfide) groups is 1. The third kappa shape index (κ3) is 4.57. The van der Waals surface area contributed by atoms with E-state index in [0.717, 1.165) is 5.56 Å². The van der Waals surface area contributed by atoms with Gasteiger partial charge < -0.3 is 15.0 Å². The first kappa shape index (κ1) is 24.2. The molecule has 0 aliphatic carbocycles. The number of amides is 2. The maximum Gasteiger partial charge on any atom is 0.328 e.